The lowest BCUT2D eigenvalue weighted by atomic mass is 10.0. The highest BCUT2D eigenvalue weighted by Gasteiger charge is 2.15. The number of aryl methyl sites for hydroxylation is 1. The van der Waals surface area contributed by atoms with Crippen molar-refractivity contribution in [1.29, 1.82) is 0 Å². The Labute approximate surface area is 228 Å². The van der Waals surface area contributed by atoms with Crippen molar-refractivity contribution in [3.63, 3.8) is 0 Å². The van der Waals surface area contributed by atoms with Gasteiger partial charge in [-0.2, -0.15) is 0 Å². The average molecular weight is 536 g/mol. The molecule has 4 heterocycles. The van der Waals surface area contributed by atoms with E-state index in [1.165, 1.54) is 11.6 Å². The van der Waals surface area contributed by atoms with Crippen LogP contribution in [0.4, 0.5) is 4.39 Å². The third-order valence-corrected chi connectivity index (χ3v) is 6.66. The van der Waals surface area contributed by atoms with Gasteiger partial charge in [0.05, 0.1) is 11.6 Å². The van der Waals surface area contributed by atoms with Gasteiger partial charge in [0.2, 0.25) is 0 Å². The number of aromatic nitrogens is 4. The van der Waals surface area contributed by atoms with Crippen LogP contribution in [0.15, 0.2) is 54.9 Å². The molecular formula is C29H38FN7O2. The standard InChI is InChI=1S/C25H28FN5O2.C4H10N2/c1-5-17-6-9-23-29-30-25(31(23)14-17)20-8-7-18-12-19(26)22(13-21(18)28-20)33-11-10-32-16(4)24(27)15(2)3;5-4-1-2-6-3-4/h6-9,12-15,24H,4-5,10-11,27H2,1-3H3;4,6H,1-3,5H2. The summed E-state index contributed by atoms with van der Waals surface area (Å²) in [6.07, 6.45) is 4.06. The molecule has 208 valence electrons. The van der Waals surface area contributed by atoms with Gasteiger partial charge >= 0.3 is 0 Å². The minimum atomic E-state index is -0.463. The van der Waals surface area contributed by atoms with E-state index in [9.17, 15) is 4.39 Å². The molecule has 39 heavy (non-hydrogen) atoms. The highest BCUT2D eigenvalue weighted by atomic mass is 19.1. The molecular weight excluding hydrogens is 497 g/mol. The molecule has 10 heteroatoms. The Bertz CT molecular complexity index is 1420. The lowest BCUT2D eigenvalue weighted by Crippen LogP contribution is -2.30. The number of benzene rings is 1. The van der Waals surface area contributed by atoms with E-state index in [1.807, 2.05) is 48.7 Å². The summed E-state index contributed by atoms with van der Waals surface area (Å²) in [6.45, 7) is 12.4. The summed E-state index contributed by atoms with van der Waals surface area (Å²) in [5, 5.41) is 12.3. The maximum atomic E-state index is 14.5. The molecule has 0 spiro atoms. The van der Waals surface area contributed by atoms with E-state index in [0.717, 1.165) is 31.6 Å². The number of pyridine rings is 2. The van der Waals surface area contributed by atoms with Crippen molar-refractivity contribution in [3.05, 3.63) is 66.3 Å². The number of rotatable bonds is 9. The number of ether oxygens (including phenoxy) is 2. The van der Waals surface area contributed by atoms with Gasteiger partial charge in [-0.05, 0) is 49.1 Å². The topological polar surface area (TPSA) is 126 Å². The van der Waals surface area contributed by atoms with Crippen LogP contribution in [-0.2, 0) is 11.2 Å². The predicted molar refractivity (Wildman–Crippen MR) is 152 cm³/mol. The molecule has 2 unspecified atom stereocenters. The first-order chi connectivity index (χ1) is 18.8. The van der Waals surface area contributed by atoms with Crippen LogP contribution in [0.25, 0.3) is 28.1 Å². The number of hydrogen-bond acceptors (Lipinski definition) is 8. The van der Waals surface area contributed by atoms with Gasteiger partial charge in [0.15, 0.2) is 23.0 Å². The molecule has 1 aliphatic rings. The van der Waals surface area contributed by atoms with Crippen LogP contribution in [-0.4, -0.2) is 58.0 Å². The monoisotopic (exact) mass is 535 g/mol. The third kappa shape index (κ3) is 7.08. The number of halogens is 1. The predicted octanol–water partition coefficient (Wildman–Crippen LogP) is 3.85. The van der Waals surface area contributed by atoms with Crippen molar-refractivity contribution in [2.45, 2.75) is 45.7 Å². The van der Waals surface area contributed by atoms with E-state index in [4.69, 9.17) is 25.9 Å². The lowest BCUT2D eigenvalue weighted by molar-refractivity contribution is 0.138. The van der Waals surface area contributed by atoms with Crippen LogP contribution in [0.3, 0.4) is 0 Å². The number of nitrogens with two attached hydrogens (primary N) is 2. The highest BCUT2D eigenvalue weighted by molar-refractivity contribution is 5.82. The van der Waals surface area contributed by atoms with E-state index in [1.54, 1.807) is 6.07 Å². The van der Waals surface area contributed by atoms with Crippen molar-refractivity contribution >= 4 is 16.6 Å². The summed E-state index contributed by atoms with van der Waals surface area (Å²) in [5.74, 6) is 0.977. The van der Waals surface area contributed by atoms with E-state index in [0.29, 0.717) is 34.2 Å². The third-order valence-electron chi connectivity index (χ3n) is 6.66. The molecule has 5 rings (SSSR count). The maximum Gasteiger partial charge on any atom is 0.187 e. The van der Waals surface area contributed by atoms with Gasteiger partial charge < -0.3 is 26.3 Å². The number of hydrogen-bond donors (Lipinski definition) is 3. The minimum absolute atomic E-state index is 0.105. The number of nitrogens with one attached hydrogen (secondary N) is 1. The molecule has 1 aromatic carbocycles. The second-order valence-electron chi connectivity index (χ2n) is 10.0. The smallest absolute Gasteiger partial charge is 0.187 e. The van der Waals surface area contributed by atoms with Gasteiger partial charge in [-0.25, -0.2) is 9.37 Å². The molecule has 3 aromatic heterocycles. The fraction of sp³-hybridized carbons (Fsp3) is 0.414. The molecule has 5 N–H and O–H groups in total. The van der Waals surface area contributed by atoms with Crippen LogP contribution in [0.5, 0.6) is 5.75 Å². The molecule has 4 aromatic rings. The van der Waals surface area contributed by atoms with Gasteiger partial charge in [0.25, 0.3) is 0 Å². The first-order valence-corrected chi connectivity index (χ1v) is 13.4. The van der Waals surface area contributed by atoms with E-state index in [-0.39, 0.29) is 30.9 Å². The summed E-state index contributed by atoms with van der Waals surface area (Å²) in [6, 6.07) is 10.8. The quantitative estimate of drug-likeness (QED) is 0.218. The van der Waals surface area contributed by atoms with Gasteiger partial charge in [-0.1, -0.05) is 39.5 Å². The Morgan fingerprint density at radius 3 is 2.69 bits per heavy atom. The van der Waals surface area contributed by atoms with Crippen LogP contribution < -0.4 is 21.5 Å². The molecule has 1 saturated heterocycles. The lowest BCUT2D eigenvalue weighted by Gasteiger charge is -2.19. The summed E-state index contributed by atoms with van der Waals surface area (Å²) < 4.78 is 27.6. The van der Waals surface area contributed by atoms with Gasteiger partial charge in [0, 0.05) is 30.2 Å². The zero-order valence-electron chi connectivity index (χ0n) is 22.9. The Hall–Kier alpha value is -3.60. The molecule has 0 aliphatic carbocycles. The molecule has 0 saturated carbocycles. The Morgan fingerprint density at radius 2 is 2.03 bits per heavy atom. The maximum absolute atomic E-state index is 14.5. The van der Waals surface area contributed by atoms with Crippen LogP contribution in [0.2, 0.25) is 0 Å². The fourth-order valence-corrected chi connectivity index (χ4v) is 4.15. The summed E-state index contributed by atoms with van der Waals surface area (Å²) >= 11 is 0. The summed E-state index contributed by atoms with van der Waals surface area (Å²) in [5.41, 5.74) is 14.6. The van der Waals surface area contributed by atoms with Crippen molar-refractivity contribution < 1.29 is 13.9 Å². The molecule has 1 fully saturated rings. The molecule has 0 amide bonds. The van der Waals surface area contributed by atoms with Gasteiger partial charge in [-0.15, -0.1) is 10.2 Å². The van der Waals surface area contributed by atoms with E-state index in [2.05, 4.69) is 29.0 Å². The normalized spacial score (nSPS) is 15.8. The Morgan fingerprint density at radius 1 is 1.21 bits per heavy atom. The second kappa shape index (κ2) is 13.0. The fourth-order valence-electron chi connectivity index (χ4n) is 4.15. The first-order valence-electron chi connectivity index (χ1n) is 13.4. The first kappa shape index (κ1) is 28.4. The number of nitrogens with zero attached hydrogens (tertiary/aromatic N) is 4. The largest absolute Gasteiger partial charge is 0.493 e. The van der Waals surface area contributed by atoms with Crippen LogP contribution in [0, 0.1) is 11.7 Å². The van der Waals surface area contributed by atoms with E-state index < -0.39 is 5.82 Å². The van der Waals surface area contributed by atoms with Crippen molar-refractivity contribution in [2.75, 3.05) is 26.3 Å². The van der Waals surface area contributed by atoms with Crippen molar-refractivity contribution in [2.24, 2.45) is 17.4 Å². The zero-order valence-corrected chi connectivity index (χ0v) is 22.9. The Balaban J connectivity index is 0.000000519. The minimum Gasteiger partial charge on any atom is -0.493 e. The Kier molecular flexibility index (Phi) is 9.45. The molecule has 0 bridgehead atoms. The number of fused-ring (bicyclic) bond motifs is 2. The van der Waals surface area contributed by atoms with Gasteiger partial charge in [-0.3, -0.25) is 4.40 Å². The SMILES string of the molecule is C=C(OCCOc1cc2nc(-c3nnc4ccc(CC)cn34)ccc2cc1F)C(N)C(C)C.NC1CCNC1. The summed E-state index contributed by atoms with van der Waals surface area (Å²) in [7, 11) is 0. The van der Waals surface area contributed by atoms with Crippen LogP contribution >= 0.6 is 0 Å². The average Bonchev–Trinajstić information content (AvgIpc) is 3.59. The van der Waals surface area contributed by atoms with Crippen LogP contribution in [0.1, 0.15) is 32.8 Å². The molecule has 2 atom stereocenters. The second-order valence-corrected chi connectivity index (χ2v) is 10.0. The zero-order chi connectivity index (χ0) is 27.9. The van der Waals surface area contributed by atoms with Crippen molar-refractivity contribution in [1.82, 2.24) is 24.9 Å². The highest BCUT2D eigenvalue weighted by Crippen LogP contribution is 2.27. The summed E-state index contributed by atoms with van der Waals surface area (Å²) in [4.78, 5) is 4.69. The molecule has 9 nitrogen and oxygen atoms in total. The van der Waals surface area contributed by atoms with Gasteiger partial charge in [0.1, 0.15) is 24.7 Å². The molecule has 0 radical (unpaired) electrons. The van der Waals surface area contributed by atoms with Crippen molar-refractivity contribution in [3.8, 4) is 17.3 Å². The van der Waals surface area contributed by atoms with E-state index >= 15 is 0 Å². The molecule has 1 aliphatic heterocycles.